The van der Waals surface area contributed by atoms with Crippen molar-refractivity contribution >= 4 is 17.5 Å². The fourth-order valence-corrected chi connectivity index (χ4v) is 0.821. The van der Waals surface area contributed by atoms with Crippen LogP contribution in [0.5, 0.6) is 0 Å². The fraction of sp³-hybridized carbons (Fsp3) is 0.700. The van der Waals surface area contributed by atoms with Crippen LogP contribution in [-0.2, 0) is 23.9 Å². The maximum absolute atomic E-state index is 11.3. The van der Waals surface area contributed by atoms with E-state index in [4.69, 9.17) is 9.47 Å². The van der Waals surface area contributed by atoms with Crippen LogP contribution in [0.3, 0.4) is 0 Å². The minimum Gasteiger partial charge on any atom is -0.453 e. The van der Waals surface area contributed by atoms with Crippen molar-refractivity contribution in [2.45, 2.75) is 39.4 Å². The van der Waals surface area contributed by atoms with Crippen molar-refractivity contribution in [1.29, 1.82) is 0 Å². The van der Waals surface area contributed by atoms with Crippen LogP contribution in [0.2, 0.25) is 0 Å². The lowest BCUT2D eigenvalue weighted by atomic mass is 10.1. The lowest BCUT2D eigenvalue weighted by Crippen LogP contribution is -2.31. The Morgan fingerprint density at radius 2 is 1.67 bits per heavy atom. The molecule has 2 atom stereocenters. The minimum absolute atomic E-state index is 0.212. The molecule has 0 amide bonds. The van der Waals surface area contributed by atoms with E-state index in [1.165, 1.54) is 27.9 Å². The van der Waals surface area contributed by atoms with Crippen LogP contribution >= 0.6 is 0 Å². The predicted octanol–water partition coefficient (Wildman–Crippen LogP) is 0.501. The Labute approximate surface area is 88.7 Å². The monoisotopic (exact) mass is 216 g/mol. The molecule has 86 valence electrons. The number of methoxy groups -OCH3 is 1. The highest BCUT2D eigenvalue weighted by molar-refractivity contribution is 6.00. The Kier molecular flexibility index (Phi) is 5.77. The molecule has 0 saturated heterocycles. The topological polar surface area (TPSA) is 69.7 Å². The number of Topliss-reactive ketones (excluding diaryl/α,β-unsaturated/α-hetero) is 2. The molecule has 0 fully saturated rings. The molecule has 5 heteroatoms. The van der Waals surface area contributed by atoms with Crippen molar-refractivity contribution in [3.05, 3.63) is 0 Å². The van der Waals surface area contributed by atoms with Gasteiger partial charge in [0.15, 0.2) is 18.0 Å². The fourth-order valence-electron chi connectivity index (χ4n) is 0.821. The van der Waals surface area contributed by atoms with Crippen molar-refractivity contribution in [2.75, 3.05) is 7.11 Å². The summed E-state index contributed by atoms with van der Waals surface area (Å²) in [4.78, 5) is 33.1. The summed E-state index contributed by atoms with van der Waals surface area (Å²) < 4.78 is 9.52. The van der Waals surface area contributed by atoms with Gasteiger partial charge in [0, 0.05) is 7.11 Å². The lowest BCUT2D eigenvalue weighted by Gasteiger charge is -2.14. The molecule has 0 saturated carbocycles. The molecule has 0 radical (unpaired) electrons. The summed E-state index contributed by atoms with van der Waals surface area (Å²) in [5, 5.41) is 0. The summed E-state index contributed by atoms with van der Waals surface area (Å²) in [6, 6.07) is 0. The third-order valence-electron chi connectivity index (χ3n) is 1.86. The number of carbonyl (C=O) groups excluding carboxylic acids is 3. The van der Waals surface area contributed by atoms with Crippen LogP contribution in [-0.4, -0.2) is 36.9 Å². The highest BCUT2D eigenvalue weighted by Gasteiger charge is 2.22. The van der Waals surface area contributed by atoms with Crippen LogP contribution < -0.4 is 0 Å². The molecule has 0 rings (SSSR count). The Morgan fingerprint density at radius 3 is 2.07 bits per heavy atom. The smallest absolute Gasteiger partial charge is 0.335 e. The molecule has 0 bridgehead atoms. The van der Waals surface area contributed by atoms with Gasteiger partial charge in [0.25, 0.3) is 0 Å². The number of esters is 1. The molecule has 0 aromatic heterocycles. The molecule has 15 heavy (non-hydrogen) atoms. The summed E-state index contributed by atoms with van der Waals surface area (Å²) in [5.41, 5.74) is 0. The van der Waals surface area contributed by atoms with E-state index in [-0.39, 0.29) is 12.2 Å². The van der Waals surface area contributed by atoms with Gasteiger partial charge >= 0.3 is 5.97 Å². The first-order chi connectivity index (χ1) is 6.88. The zero-order valence-corrected chi connectivity index (χ0v) is 9.40. The first-order valence-corrected chi connectivity index (χ1v) is 4.64. The summed E-state index contributed by atoms with van der Waals surface area (Å²) in [7, 11) is 1.37. The molecule has 0 aliphatic rings. The number of hydrogen-bond donors (Lipinski definition) is 0. The Bertz CT molecular complexity index is 259. The summed E-state index contributed by atoms with van der Waals surface area (Å²) in [5.74, 6) is -1.26. The molecule has 0 aromatic rings. The van der Waals surface area contributed by atoms with E-state index in [0.29, 0.717) is 0 Å². The summed E-state index contributed by atoms with van der Waals surface area (Å²) in [6.45, 7) is 4.26. The van der Waals surface area contributed by atoms with Crippen molar-refractivity contribution < 1.29 is 23.9 Å². The maximum Gasteiger partial charge on any atom is 0.335 e. The average molecular weight is 216 g/mol. The second-order valence-electron chi connectivity index (χ2n) is 3.30. The SMILES string of the molecule is COC(C)C(=O)OC(C)C(=O)CC(C)=O. The van der Waals surface area contributed by atoms with E-state index in [1.54, 1.807) is 0 Å². The van der Waals surface area contributed by atoms with Crippen molar-refractivity contribution in [2.24, 2.45) is 0 Å². The quantitative estimate of drug-likeness (QED) is 0.477. The van der Waals surface area contributed by atoms with Gasteiger partial charge in [-0.15, -0.1) is 0 Å². The van der Waals surface area contributed by atoms with Crippen LogP contribution in [0.15, 0.2) is 0 Å². The van der Waals surface area contributed by atoms with Crippen molar-refractivity contribution in [3.8, 4) is 0 Å². The molecular weight excluding hydrogens is 200 g/mol. The number of ketones is 2. The summed E-state index contributed by atoms with van der Waals surface area (Å²) >= 11 is 0. The van der Waals surface area contributed by atoms with Crippen molar-refractivity contribution in [1.82, 2.24) is 0 Å². The van der Waals surface area contributed by atoms with E-state index in [0.717, 1.165) is 0 Å². The van der Waals surface area contributed by atoms with E-state index in [2.05, 4.69) is 0 Å². The summed E-state index contributed by atoms with van der Waals surface area (Å²) in [6.07, 6.45) is -1.83. The number of hydrogen-bond acceptors (Lipinski definition) is 5. The van der Waals surface area contributed by atoms with Gasteiger partial charge in [-0.1, -0.05) is 0 Å². The predicted molar refractivity (Wildman–Crippen MR) is 52.3 cm³/mol. The van der Waals surface area contributed by atoms with E-state index >= 15 is 0 Å². The zero-order chi connectivity index (χ0) is 12.0. The molecule has 5 nitrogen and oxygen atoms in total. The number of rotatable bonds is 6. The van der Waals surface area contributed by atoms with E-state index < -0.39 is 24.0 Å². The molecule has 0 heterocycles. The van der Waals surface area contributed by atoms with E-state index in [9.17, 15) is 14.4 Å². The third kappa shape index (κ3) is 5.27. The largest absolute Gasteiger partial charge is 0.453 e. The first-order valence-electron chi connectivity index (χ1n) is 4.64. The zero-order valence-electron chi connectivity index (χ0n) is 9.40. The normalized spacial score (nSPS) is 14.1. The second kappa shape index (κ2) is 6.29. The van der Waals surface area contributed by atoms with Gasteiger partial charge in [0.2, 0.25) is 0 Å². The molecule has 0 spiro atoms. The molecule has 0 aromatic carbocycles. The number of carbonyl (C=O) groups is 3. The first kappa shape index (κ1) is 13.8. The van der Waals surface area contributed by atoms with Crippen LogP contribution in [0.4, 0.5) is 0 Å². The molecule has 0 N–H and O–H groups in total. The van der Waals surface area contributed by atoms with Gasteiger partial charge in [-0.2, -0.15) is 0 Å². The molecule has 0 aliphatic heterocycles. The third-order valence-corrected chi connectivity index (χ3v) is 1.86. The van der Waals surface area contributed by atoms with E-state index in [1.807, 2.05) is 0 Å². The van der Waals surface area contributed by atoms with Gasteiger partial charge in [-0.05, 0) is 20.8 Å². The average Bonchev–Trinajstić information content (AvgIpc) is 2.15. The highest BCUT2D eigenvalue weighted by atomic mass is 16.6. The molecular formula is C10H16O5. The maximum atomic E-state index is 11.3. The van der Waals surface area contributed by atoms with Gasteiger partial charge in [-0.3, -0.25) is 9.59 Å². The second-order valence-corrected chi connectivity index (χ2v) is 3.30. The van der Waals surface area contributed by atoms with Crippen LogP contribution in [0.1, 0.15) is 27.2 Å². The van der Waals surface area contributed by atoms with Crippen LogP contribution in [0.25, 0.3) is 0 Å². The number of ether oxygens (including phenoxy) is 2. The van der Waals surface area contributed by atoms with Gasteiger partial charge in [0.1, 0.15) is 5.78 Å². The minimum atomic E-state index is -0.904. The molecule has 0 aliphatic carbocycles. The Balaban J connectivity index is 4.12. The van der Waals surface area contributed by atoms with Crippen LogP contribution in [0, 0.1) is 0 Å². The molecule has 2 unspecified atom stereocenters. The lowest BCUT2D eigenvalue weighted by molar-refractivity contribution is -0.163. The Hall–Kier alpha value is -1.23. The Morgan fingerprint density at radius 1 is 1.13 bits per heavy atom. The standard InChI is InChI=1S/C10H16O5/c1-6(11)5-9(12)7(2)15-10(13)8(3)14-4/h7-8H,5H2,1-4H3. The van der Waals surface area contributed by atoms with Gasteiger partial charge in [-0.25, -0.2) is 4.79 Å². The van der Waals surface area contributed by atoms with Crippen molar-refractivity contribution in [3.63, 3.8) is 0 Å². The highest BCUT2D eigenvalue weighted by Crippen LogP contribution is 2.01. The van der Waals surface area contributed by atoms with Gasteiger partial charge in [0.05, 0.1) is 6.42 Å². The van der Waals surface area contributed by atoms with Gasteiger partial charge < -0.3 is 9.47 Å².